The molecule has 0 spiro atoms. The summed E-state index contributed by atoms with van der Waals surface area (Å²) in [4.78, 5) is 35.9. The SMILES string of the molecule is Cc1c(NC(=O)NCCC2CCC(=O)N2CCN(C)C)cc2[nH]cnc2c1C. The molecule has 3 rings (SSSR count). The second-order valence-electron chi connectivity index (χ2n) is 7.73. The highest BCUT2D eigenvalue weighted by molar-refractivity contribution is 5.94. The van der Waals surface area contributed by atoms with Crippen molar-refractivity contribution in [3.63, 3.8) is 0 Å². The molecule has 0 aliphatic carbocycles. The number of aromatic nitrogens is 2. The van der Waals surface area contributed by atoms with Crippen LogP contribution in [0.3, 0.4) is 0 Å². The molecule has 28 heavy (non-hydrogen) atoms. The lowest BCUT2D eigenvalue weighted by Crippen LogP contribution is -2.40. The van der Waals surface area contributed by atoms with Gasteiger partial charge in [0.15, 0.2) is 0 Å². The highest BCUT2D eigenvalue weighted by Crippen LogP contribution is 2.26. The number of likely N-dealkylation sites (tertiary alicyclic amines) is 1. The highest BCUT2D eigenvalue weighted by Gasteiger charge is 2.30. The van der Waals surface area contributed by atoms with Crippen LogP contribution in [0.1, 0.15) is 30.4 Å². The Morgan fingerprint density at radius 2 is 2.14 bits per heavy atom. The summed E-state index contributed by atoms with van der Waals surface area (Å²) >= 11 is 0. The third-order valence-electron chi connectivity index (χ3n) is 5.53. The van der Waals surface area contributed by atoms with E-state index < -0.39 is 0 Å². The fourth-order valence-corrected chi connectivity index (χ4v) is 3.70. The standard InChI is InChI=1S/C20H30N6O2/c1-13-14(2)19-17(22-12-23-19)11-16(13)24-20(28)21-8-7-15-5-6-18(27)26(15)10-9-25(3)4/h11-12,15H,5-10H2,1-4H3,(H,22,23)(H2,21,24,28). The lowest BCUT2D eigenvalue weighted by Gasteiger charge is -2.26. The number of hydrogen-bond donors (Lipinski definition) is 3. The minimum atomic E-state index is -0.231. The Balaban J connectivity index is 1.52. The van der Waals surface area contributed by atoms with Crippen molar-refractivity contribution < 1.29 is 9.59 Å². The molecule has 1 fully saturated rings. The third-order valence-corrected chi connectivity index (χ3v) is 5.53. The van der Waals surface area contributed by atoms with Crippen molar-refractivity contribution >= 4 is 28.7 Å². The molecule has 3 amide bonds. The normalized spacial score (nSPS) is 17.0. The molecule has 8 heteroatoms. The van der Waals surface area contributed by atoms with Gasteiger partial charge in [0.1, 0.15) is 0 Å². The van der Waals surface area contributed by atoms with Gasteiger partial charge in [0.25, 0.3) is 0 Å². The Kier molecular flexibility index (Phi) is 6.18. The third kappa shape index (κ3) is 4.44. The monoisotopic (exact) mass is 386 g/mol. The number of carbonyl (C=O) groups is 2. The first-order valence-electron chi connectivity index (χ1n) is 9.79. The van der Waals surface area contributed by atoms with Crippen LogP contribution in [0.5, 0.6) is 0 Å². The smallest absolute Gasteiger partial charge is 0.319 e. The Labute approximate surface area is 165 Å². The molecule has 0 radical (unpaired) electrons. The van der Waals surface area contributed by atoms with E-state index in [0.717, 1.165) is 53.8 Å². The van der Waals surface area contributed by atoms with Crippen LogP contribution in [0, 0.1) is 13.8 Å². The average Bonchev–Trinajstić information content (AvgIpc) is 3.24. The summed E-state index contributed by atoms with van der Waals surface area (Å²) < 4.78 is 0. The number of imidazole rings is 1. The molecule has 8 nitrogen and oxygen atoms in total. The van der Waals surface area contributed by atoms with Crippen LogP contribution >= 0.6 is 0 Å². The van der Waals surface area contributed by atoms with E-state index in [4.69, 9.17) is 0 Å². The predicted molar refractivity (Wildman–Crippen MR) is 110 cm³/mol. The van der Waals surface area contributed by atoms with Crippen molar-refractivity contribution in [1.82, 2.24) is 25.1 Å². The number of H-pyrrole nitrogens is 1. The number of anilines is 1. The number of hydrogen-bond acceptors (Lipinski definition) is 4. The van der Waals surface area contributed by atoms with Crippen LogP contribution < -0.4 is 10.6 Å². The number of nitrogens with zero attached hydrogens (tertiary/aromatic N) is 3. The first-order chi connectivity index (χ1) is 13.4. The maximum absolute atomic E-state index is 12.3. The molecular formula is C20H30N6O2. The Morgan fingerprint density at radius 3 is 2.89 bits per heavy atom. The molecule has 1 unspecified atom stereocenters. The number of likely N-dealkylation sites (N-methyl/N-ethyl adjacent to an activating group) is 1. The molecule has 2 aromatic rings. The predicted octanol–water partition coefficient (Wildman–Crippen LogP) is 2.24. The Bertz CT molecular complexity index is 860. The number of carbonyl (C=O) groups excluding carboxylic acids is 2. The van der Waals surface area contributed by atoms with Crippen molar-refractivity contribution in [2.75, 3.05) is 39.0 Å². The number of benzene rings is 1. The first kappa shape index (κ1) is 20.1. The second kappa shape index (κ2) is 8.60. The van der Waals surface area contributed by atoms with Gasteiger partial charge in [0.05, 0.1) is 17.4 Å². The number of rotatable bonds is 7. The van der Waals surface area contributed by atoms with E-state index >= 15 is 0 Å². The summed E-state index contributed by atoms with van der Waals surface area (Å²) in [5.74, 6) is 0.218. The van der Waals surface area contributed by atoms with E-state index in [1.807, 2.05) is 38.9 Å². The number of aromatic amines is 1. The van der Waals surface area contributed by atoms with Gasteiger partial charge in [-0.2, -0.15) is 0 Å². The van der Waals surface area contributed by atoms with Gasteiger partial charge in [-0.25, -0.2) is 9.78 Å². The minimum absolute atomic E-state index is 0.207. The summed E-state index contributed by atoms with van der Waals surface area (Å²) in [5.41, 5.74) is 4.66. The van der Waals surface area contributed by atoms with Crippen LogP contribution in [-0.4, -0.2) is 71.5 Å². The molecule has 1 aliphatic heterocycles. The number of amides is 3. The van der Waals surface area contributed by atoms with Gasteiger partial charge in [-0.1, -0.05) is 0 Å². The molecule has 0 saturated carbocycles. The largest absolute Gasteiger partial charge is 0.345 e. The average molecular weight is 387 g/mol. The van der Waals surface area contributed by atoms with Gasteiger partial charge in [0, 0.05) is 37.8 Å². The van der Waals surface area contributed by atoms with Crippen molar-refractivity contribution in [3.8, 4) is 0 Å². The molecule has 1 aromatic heterocycles. The molecular weight excluding hydrogens is 356 g/mol. The molecule has 1 aromatic carbocycles. The summed E-state index contributed by atoms with van der Waals surface area (Å²) in [5, 5.41) is 5.86. The van der Waals surface area contributed by atoms with Crippen molar-refractivity contribution in [2.24, 2.45) is 0 Å². The minimum Gasteiger partial charge on any atom is -0.345 e. The Morgan fingerprint density at radius 1 is 1.36 bits per heavy atom. The lowest BCUT2D eigenvalue weighted by atomic mass is 10.1. The highest BCUT2D eigenvalue weighted by atomic mass is 16.2. The van der Waals surface area contributed by atoms with E-state index in [-0.39, 0.29) is 18.0 Å². The zero-order valence-electron chi connectivity index (χ0n) is 17.1. The van der Waals surface area contributed by atoms with Gasteiger partial charge in [0.2, 0.25) is 5.91 Å². The van der Waals surface area contributed by atoms with Crippen LogP contribution in [0.25, 0.3) is 11.0 Å². The summed E-state index contributed by atoms with van der Waals surface area (Å²) in [6.45, 7) is 6.11. The van der Waals surface area contributed by atoms with E-state index in [0.29, 0.717) is 13.0 Å². The molecule has 1 atom stereocenters. The molecule has 2 heterocycles. The van der Waals surface area contributed by atoms with E-state index in [2.05, 4.69) is 25.5 Å². The van der Waals surface area contributed by atoms with Crippen LogP contribution in [0.2, 0.25) is 0 Å². The lowest BCUT2D eigenvalue weighted by molar-refractivity contribution is -0.129. The molecule has 152 valence electrons. The summed E-state index contributed by atoms with van der Waals surface area (Å²) in [6.07, 6.45) is 3.90. The zero-order chi connectivity index (χ0) is 20.3. The van der Waals surface area contributed by atoms with Crippen molar-refractivity contribution in [3.05, 3.63) is 23.5 Å². The van der Waals surface area contributed by atoms with Gasteiger partial charge >= 0.3 is 6.03 Å². The Hall–Kier alpha value is -2.61. The van der Waals surface area contributed by atoms with Gasteiger partial charge in [-0.05, 0) is 58.0 Å². The van der Waals surface area contributed by atoms with E-state index in [1.54, 1.807) is 6.33 Å². The number of fused-ring (bicyclic) bond motifs is 1. The zero-order valence-corrected chi connectivity index (χ0v) is 17.1. The summed E-state index contributed by atoms with van der Waals surface area (Å²) in [7, 11) is 4.01. The maximum atomic E-state index is 12.3. The van der Waals surface area contributed by atoms with Gasteiger partial charge in [-0.15, -0.1) is 0 Å². The van der Waals surface area contributed by atoms with Gasteiger partial charge in [-0.3, -0.25) is 4.79 Å². The molecule has 1 saturated heterocycles. The van der Waals surface area contributed by atoms with E-state index in [1.165, 1.54) is 0 Å². The number of nitrogens with one attached hydrogen (secondary N) is 3. The topological polar surface area (TPSA) is 93.4 Å². The van der Waals surface area contributed by atoms with E-state index in [9.17, 15) is 9.59 Å². The quantitative estimate of drug-likeness (QED) is 0.680. The second-order valence-corrected chi connectivity index (χ2v) is 7.73. The molecule has 1 aliphatic rings. The first-order valence-corrected chi connectivity index (χ1v) is 9.79. The molecule has 3 N–H and O–H groups in total. The van der Waals surface area contributed by atoms with Crippen LogP contribution in [0.4, 0.5) is 10.5 Å². The number of urea groups is 1. The molecule has 0 bridgehead atoms. The van der Waals surface area contributed by atoms with Crippen molar-refractivity contribution in [1.29, 1.82) is 0 Å². The fourth-order valence-electron chi connectivity index (χ4n) is 3.70. The van der Waals surface area contributed by atoms with Crippen LogP contribution in [0.15, 0.2) is 12.4 Å². The number of aryl methyl sites for hydroxylation is 1. The van der Waals surface area contributed by atoms with Crippen LogP contribution in [-0.2, 0) is 4.79 Å². The summed E-state index contributed by atoms with van der Waals surface area (Å²) in [6, 6.07) is 1.88. The van der Waals surface area contributed by atoms with Gasteiger partial charge < -0.3 is 25.4 Å². The fraction of sp³-hybridized carbons (Fsp3) is 0.550. The van der Waals surface area contributed by atoms with Crippen molar-refractivity contribution in [2.45, 2.75) is 39.2 Å². The maximum Gasteiger partial charge on any atom is 0.319 e.